The Hall–Kier alpha value is -1.82. The lowest BCUT2D eigenvalue weighted by Crippen LogP contribution is -2.14. The molecule has 3 nitrogen and oxygen atoms in total. The number of H-pyrrole nitrogens is 1. The molecule has 0 atom stereocenters. The van der Waals surface area contributed by atoms with Crippen molar-refractivity contribution in [2.45, 2.75) is 34.1 Å². The fraction of sp³-hybridized carbons (Fsp3) is 0.385. The highest BCUT2D eigenvalue weighted by Crippen LogP contribution is 2.21. The van der Waals surface area contributed by atoms with Crippen LogP contribution in [0, 0.1) is 32.1 Å². The Kier molecular flexibility index (Phi) is 2.43. The molecule has 0 fully saturated rings. The van der Waals surface area contributed by atoms with Crippen LogP contribution in [0.15, 0.2) is 6.07 Å². The van der Waals surface area contributed by atoms with E-state index >= 15 is 0 Å². The molecule has 16 heavy (non-hydrogen) atoms. The molecule has 0 unspecified atom stereocenters. The van der Waals surface area contributed by atoms with Gasteiger partial charge in [-0.1, -0.05) is 6.92 Å². The third-order valence-electron chi connectivity index (χ3n) is 3.09. The van der Waals surface area contributed by atoms with Gasteiger partial charge < -0.3 is 0 Å². The van der Waals surface area contributed by atoms with Crippen molar-refractivity contribution in [1.82, 2.24) is 4.40 Å². The standard InChI is InChI=1S/C13H15N3/c1-5-11-10(4)16-9(3)6-8(2)15-13(16)12(11)7-14/h6H,5H2,1-4H3/p+1. The lowest BCUT2D eigenvalue weighted by Gasteiger charge is -1.96. The maximum Gasteiger partial charge on any atom is 0.302 e. The SMILES string of the molecule is CCc1c(C#N)c2[nH+]c(C)cc(C)n2c1C. The molecular weight excluding hydrogens is 198 g/mol. The zero-order chi connectivity index (χ0) is 11.9. The van der Waals surface area contributed by atoms with E-state index in [0.29, 0.717) is 0 Å². The van der Waals surface area contributed by atoms with E-state index in [1.807, 2.05) is 6.92 Å². The van der Waals surface area contributed by atoms with E-state index in [0.717, 1.165) is 28.9 Å². The number of hydrogen-bond acceptors (Lipinski definition) is 1. The molecule has 0 aliphatic rings. The highest BCUT2D eigenvalue weighted by Gasteiger charge is 2.22. The monoisotopic (exact) mass is 214 g/mol. The Morgan fingerprint density at radius 1 is 1.38 bits per heavy atom. The van der Waals surface area contributed by atoms with Crippen LogP contribution in [0.3, 0.4) is 0 Å². The quantitative estimate of drug-likeness (QED) is 0.717. The Morgan fingerprint density at radius 2 is 2.06 bits per heavy atom. The highest BCUT2D eigenvalue weighted by molar-refractivity contribution is 5.60. The van der Waals surface area contributed by atoms with Gasteiger partial charge in [-0.25, -0.2) is 4.98 Å². The summed E-state index contributed by atoms with van der Waals surface area (Å²) in [4.78, 5) is 3.29. The van der Waals surface area contributed by atoms with Gasteiger partial charge in [0.2, 0.25) is 0 Å². The van der Waals surface area contributed by atoms with E-state index in [-0.39, 0.29) is 0 Å². The average molecular weight is 214 g/mol. The molecule has 1 N–H and O–H groups in total. The first-order valence-corrected chi connectivity index (χ1v) is 5.53. The molecule has 0 amide bonds. The topological polar surface area (TPSA) is 42.3 Å². The number of hydrogen-bond donors (Lipinski definition) is 0. The number of aromatic amines is 1. The molecule has 82 valence electrons. The smallest absolute Gasteiger partial charge is 0.243 e. The summed E-state index contributed by atoms with van der Waals surface area (Å²) in [6.07, 6.45) is 0.892. The van der Waals surface area contributed by atoms with Crippen molar-refractivity contribution in [2.24, 2.45) is 0 Å². The first-order chi connectivity index (χ1) is 7.60. The zero-order valence-electron chi connectivity index (χ0n) is 10.2. The number of aryl methyl sites for hydroxylation is 3. The predicted molar refractivity (Wildman–Crippen MR) is 62.3 cm³/mol. The third-order valence-corrected chi connectivity index (χ3v) is 3.09. The first kappa shape index (κ1) is 10.7. The van der Waals surface area contributed by atoms with Gasteiger partial charge in [0.25, 0.3) is 0 Å². The van der Waals surface area contributed by atoms with E-state index in [2.05, 4.69) is 42.3 Å². The highest BCUT2D eigenvalue weighted by atomic mass is 15.0. The van der Waals surface area contributed by atoms with E-state index in [4.69, 9.17) is 0 Å². The van der Waals surface area contributed by atoms with Crippen LogP contribution < -0.4 is 4.98 Å². The molecule has 0 radical (unpaired) electrons. The van der Waals surface area contributed by atoms with Crippen LogP contribution in [0.2, 0.25) is 0 Å². The number of fused-ring (bicyclic) bond motifs is 1. The number of nitriles is 1. The van der Waals surface area contributed by atoms with Gasteiger partial charge >= 0.3 is 5.65 Å². The van der Waals surface area contributed by atoms with Crippen LogP contribution in [0.1, 0.15) is 35.1 Å². The van der Waals surface area contributed by atoms with Crippen LogP contribution in [-0.4, -0.2) is 4.40 Å². The summed E-state index contributed by atoms with van der Waals surface area (Å²) < 4.78 is 2.13. The maximum atomic E-state index is 9.26. The van der Waals surface area contributed by atoms with Gasteiger partial charge in [0.05, 0.1) is 0 Å². The number of aromatic nitrogens is 2. The van der Waals surface area contributed by atoms with Gasteiger partial charge in [0, 0.05) is 11.6 Å². The lowest BCUT2D eigenvalue weighted by atomic mass is 10.1. The molecule has 0 aliphatic heterocycles. The molecule has 0 saturated carbocycles. The molecule has 0 saturated heterocycles. The largest absolute Gasteiger partial charge is 0.302 e. The van der Waals surface area contributed by atoms with E-state index < -0.39 is 0 Å². The Labute approximate surface area is 95.4 Å². The molecule has 2 aromatic heterocycles. The minimum atomic E-state index is 0.784. The second kappa shape index (κ2) is 3.64. The molecular formula is C13H16N3+. The molecule has 2 rings (SSSR count). The summed E-state index contributed by atoms with van der Waals surface area (Å²) in [7, 11) is 0. The van der Waals surface area contributed by atoms with Gasteiger partial charge in [0.1, 0.15) is 28.7 Å². The Balaban J connectivity index is 3.01. The Morgan fingerprint density at radius 3 is 2.62 bits per heavy atom. The van der Waals surface area contributed by atoms with Crippen molar-refractivity contribution < 1.29 is 4.98 Å². The summed E-state index contributed by atoms with van der Waals surface area (Å²) >= 11 is 0. The van der Waals surface area contributed by atoms with Crippen molar-refractivity contribution in [3.8, 4) is 6.07 Å². The fourth-order valence-electron chi connectivity index (χ4n) is 2.45. The van der Waals surface area contributed by atoms with Crippen molar-refractivity contribution in [2.75, 3.05) is 0 Å². The summed E-state index contributed by atoms with van der Waals surface area (Å²) in [6, 6.07) is 4.41. The van der Waals surface area contributed by atoms with Crippen molar-refractivity contribution in [3.05, 3.63) is 34.3 Å². The third kappa shape index (κ3) is 1.30. The van der Waals surface area contributed by atoms with Gasteiger partial charge in [-0.05, 0) is 27.2 Å². The molecule has 0 aromatic carbocycles. The molecule has 3 heteroatoms. The van der Waals surface area contributed by atoms with Crippen LogP contribution in [0.25, 0.3) is 5.65 Å². The molecule has 2 heterocycles. The van der Waals surface area contributed by atoms with E-state index in [1.54, 1.807) is 0 Å². The lowest BCUT2D eigenvalue weighted by molar-refractivity contribution is -0.360. The van der Waals surface area contributed by atoms with E-state index in [9.17, 15) is 5.26 Å². The summed E-state index contributed by atoms with van der Waals surface area (Å²) in [5, 5.41) is 9.26. The van der Waals surface area contributed by atoms with E-state index in [1.165, 1.54) is 11.4 Å². The zero-order valence-corrected chi connectivity index (χ0v) is 10.2. The van der Waals surface area contributed by atoms with Crippen LogP contribution in [0.4, 0.5) is 0 Å². The average Bonchev–Trinajstić information content (AvgIpc) is 2.50. The van der Waals surface area contributed by atoms with Crippen molar-refractivity contribution in [1.29, 1.82) is 5.26 Å². The minimum absolute atomic E-state index is 0.784. The van der Waals surface area contributed by atoms with Crippen LogP contribution in [0.5, 0.6) is 0 Å². The summed E-state index contributed by atoms with van der Waals surface area (Å²) in [5.74, 6) is 0. The van der Waals surface area contributed by atoms with Crippen molar-refractivity contribution in [3.63, 3.8) is 0 Å². The van der Waals surface area contributed by atoms with Gasteiger partial charge in [-0.2, -0.15) is 9.66 Å². The number of nitrogens with zero attached hydrogens (tertiary/aromatic N) is 2. The number of rotatable bonds is 1. The molecule has 0 bridgehead atoms. The van der Waals surface area contributed by atoms with Crippen molar-refractivity contribution >= 4 is 5.65 Å². The molecule has 0 aliphatic carbocycles. The van der Waals surface area contributed by atoms with Crippen LogP contribution in [-0.2, 0) is 6.42 Å². The first-order valence-electron chi connectivity index (χ1n) is 5.53. The predicted octanol–water partition coefficient (Wildman–Crippen LogP) is 2.11. The molecule has 2 aromatic rings. The Bertz CT molecular complexity index is 600. The minimum Gasteiger partial charge on any atom is -0.243 e. The summed E-state index contributed by atoms with van der Waals surface area (Å²) in [5.41, 5.74) is 6.28. The summed E-state index contributed by atoms with van der Waals surface area (Å²) in [6.45, 7) is 8.25. The normalized spacial score (nSPS) is 10.7. The van der Waals surface area contributed by atoms with Crippen LogP contribution >= 0.6 is 0 Å². The van der Waals surface area contributed by atoms with Gasteiger partial charge in [-0.3, -0.25) is 0 Å². The van der Waals surface area contributed by atoms with Gasteiger partial charge in [-0.15, -0.1) is 0 Å². The molecule has 0 spiro atoms. The fourth-order valence-corrected chi connectivity index (χ4v) is 2.45. The second-order valence-corrected chi connectivity index (χ2v) is 4.18. The maximum absolute atomic E-state index is 9.26. The van der Waals surface area contributed by atoms with Gasteiger partial charge in [0.15, 0.2) is 0 Å². The number of nitrogens with one attached hydrogen (secondary N) is 1. The second-order valence-electron chi connectivity index (χ2n) is 4.18.